The molecule has 0 saturated carbocycles. The van der Waals surface area contributed by atoms with Gasteiger partial charge >= 0.3 is 0 Å². The number of amides is 2. The Morgan fingerprint density at radius 1 is 1.00 bits per heavy atom. The first kappa shape index (κ1) is 22.5. The summed E-state index contributed by atoms with van der Waals surface area (Å²) in [6, 6.07) is 17.0. The van der Waals surface area contributed by atoms with Gasteiger partial charge in [-0.1, -0.05) is 57.2 Å². The van der Waals surface area contributed by atoms with Gasteiger partial charge in [0.15, 0.2) is 0 Å². The summed E-state index contributed by atoms with van der Waals surface area (Å²) >= 11 is 0. The van der Waals surface area contributed by atoms with Crippen LogP contribution in [-0.2, 0) is 22.6 Å². The fourth-order valence-electron chi connectivity index (χ4n) is 4.88. The largest absolute Gasteiger partial charge is 0.312 e. The molecule has 0 radical (unpaired) electrons. The Labute approximate surface area is 192 Å². The van der Waals surface area contributed by atoms with E-state index in [4.69, 9.17) is 0 Å². The van der Waals surface area contributed by atoms with Crippen LogP contribution in [0.4, 0.5) is 11.4 Å². The smallest absolute Gasteiger partial charge is 0.232 e. The Hall–Kier alpha value is -2.66. The summed E-state index contributed by atoms with van der Waals surface area (Å²) in [5.74, 6) is 0.204. The lowest BCUT2D eigenvalue weighted by Crippen LogP contribution is -2.50. The number of likely N-dealkylation sites (tertiary alicyclic amines) is 1. The van der Waals surface area contributed by atoms with Gasteiger partial charge in [-0.05, 0) is 42.5 Å². The maximum atomic E-state index is 13.6. The van der Waals surface area contributed by atoms with Crippen molar-refractivity contribution in [3.8, 4) is 0 Å². The van der Waals surface area contributed by atoms with Crippen molar-refractivity contribution in [2.24, 2.45) is 5.41 Å². The Bertz CT molecular complexity index is 972. The Kier molecular flexibility index (Phi) is 6.38. The fraction of sp³-hybridized carbons (Fsp3) is 0.481. The molecule has 0 spiro atoms. The van der Waals surface area contributed by atoms with Crippen molar-refractivity contribution in [3.05, 3.63) is 59.7 Å². The molecule has 0 bridgehead atoms. The van der Waals surface area contributed by atoms with E-state index < -0.39 is 5.41 Å². The molecule has 2 heterocycles. The van der Waals surface area contributed by atoms with Crippen LogP contribution in [-0.4, -0.2) is 42.4 Å². The second-order valence-corrected chi connectivity index (χ2v) is 10.2. The normalized spacial score (nSPS) is 17.3. The molecule has 5 nitrogen and oxygen atoms in total. The molecule has 0 unspecified atom stereocenters. The van der Waals surface area contributed by atoms with Gasteiger partial charge in [-0.3, -0.25) is 14.5 Å². The Morgan fingerprint density at radius 3 is 2.31 bits per heavy atom. The molecule has 32 heavy (non-hydrogen) atoms. The number of hydrogen-bond acceptors (Lipinski definition) is 3. The third kappa shape index (κ3) is 4.73. The second-order valence-electron chi connectivity index (χ2n) is 10.2. The number of carbonyl (C=O) groups is 2. The van der Waals surface area contributed by atoms with E-state index in [0.29, 0.717) is 0 Å². The van der Waals surface area contributed by atoms with Gasteiger partial charge in [-0.25, -0.2) is 0 Å². The first-order valence-corrected chi connectivity index (χ1v) is 11.7. The van der Waals surface area contributed by atoms with Crippen molar-refractivity contribution >= 4 is 23.2 Å². The molecular weight excluding hydrogens is 398 g/mol. The molecule has 2 aromatic carbocycles. The molecule has 170 valence electrons. The predicted molar refractivity (Wildman–Crippen MR) is 130 cm³/mol. The highest BCUT2D eigenvalue weighted by Gasteiger charge is 2.36. The number of anilines is 2. The van der Waals surface area contributed by atoms with Crippen LogP contribution >= 0.6 is 0 Å². The number of carbonyl (C=O) groups excluding carboxylic acids is 2. The summed E-state index contributed by atoms with van der Waals surface area (Å²) < 4.78 is 0. The van der Waals surface area contributed by atoms with Crippen LogP contribution in [0.2, 0.25) is 0 Å². The van der Waals surface area contributed by atoms with Gasteiger partial charge in [-0.15, -0.1) is 0 Å². The zero-order valence-corrected chi connectivity index (χ0v) is 19.8. The molecule has 5 heteroatoms. The molecule has 2 aliphatic heterocycles. The summed E-state index contributed by atoms with van der Waals surface area (Å²) in [4.78, 5) is 32.0. The monoisotopic (exact) mass is 433 g/mol. The molecule has 0 N–H and O–H groups in total. The van der Waals surface area contributed by atoms with Gasteiger partial charge in [-0.2, -0.15) is 0 Å². The van der Waals surface area contributed by atoms with E-state index in [0.717, 1.165) is 56.8 Å². The van der Waals surface area contributed by atoms with Crippen LogP contribution in [0.25, 0.3) is 0 Å². The summed E-state index contributed by atoms with van der Waals surface area (Å²) in [7, 11) is 0. The lowest BCUT2D eigenvalue weighted by molar-refractivity contribution is -0.126. The highest BCUT2D eigenvalue weighted by molar-refractivity contribution is 5.99. The number of piperidine rings is 1. The molecule has 1 fully saturated rings. The van der Waals surface area contributed by atoms with E-state index in [1.807, 2.05) is 30.6 Å². The maximum Gasteiger partial charge on any atom is 0.232 e. The second kappa shape index (κ2) is 9.07. The Morgan fingerprint density at radius 2 is 1.69 bits per heavy atom. The third-order valence-electron chi connectivity index (χ3n) is 6.65. The molecule has 2 amide bonds. The molecule has 0 atom stereocenters. The summed E-state index contributed by atoms with van der Waals surface area (Å²) in [6.07, 6.45) is 2.77. The van der Waals surface area contributed by atoms with Crippen LogP contribution < -0.4 is 9.80 Å². The molecule has 4 rings (SSSR count). The van der Waals surface area contributed by atoms with E-state index in [1.165, 1.54) is 11.1 Å². The van der Waals surface area contributed by atoms with Crippen LogP contribution in [0.1, 0.15) is 51.7 Å². The minimum Gasteiger partial charge on any atom is -0.312 e. The number of rotatable bonds is 4. The quantitative estimate of drug-likeness (QED) is 0.706. The SMILES string of the molecule is CC(=O)N1CCc2ccc(N(C(=O)C(C)(C)C)C3CCN(Cc4ccccc4)CC3)cc21. The number of hydrogen-bond donors (Lipinski definition) is 0. The van der Waals surface area contributed by atoms with E-state index in [-0.39, 0.29) is 17.9 Å². The van der Waals surface area contributed by atoms with Crippen molar-refractivity contribution in [3.63, 3.8) is 0 Å². The van der Waals surface area contributed by atoms with E-state index in [1.54, 1.807) is 6.92 Å². The molecule has 0 aliphatic carbocycles. The highest BCUT2D eigenvalue weighted by Crippen LogP contribution is 2.36. The van der Waals surface area contributed by atoms with Gasteiger partial charge in [0.1, 0.15) is 0 Å². The zero-order chi connectivity index (χ0) is 22.9. The van der Waals surface area contributed by atoms with E-state index in [9.17, 15) is 9.59 Å². The van der Waals surface area contributed by atoms with Crippen LogP contribution in [0.5, 0.6) is 0 Å². The zero-order valence-electron chi connectivity index (χ0n) is 19.8. The molecule has 2 aromatic rings. The summed E-state index contributed by atoms with van der Waals surface area (Å²) in [6.45, 7) is 11.2. The number of nitrogens with zero attached hydrogens (tertiary/aromatic N) is 3. The maximum absolute atomic E-state index is 13.6. The highest BCUT2D eigenvalue weighted by atomic mass is 16.2. The van der Waals surface area contributed by atoms with E-state index in [2.05, 4.69) is 53.4 Å². The van der Waals surface area contributed by atoms with Crippen LogP contribution in [0.3, 0.4) is 0 Å². The standard InChI is InChI=1S/C27H35N3O2/c1-20(31)29-17-12-22-10-11-24(18-25(22)29)30(26(32)27(2,3)4)23-13-15-28(16-14-23)19-21-8-6-5-7-9-21/h5-11,18,23H,12-17,19H2,1-4H3. The van der Waals surface area contributed by atoms with Crippen molar-refractivity contribution in [1.29, 1.82) is 0 Å². The average Bonchev–Trinajstić information content (AvgIpc) is 3.19. The first-order valence-electron chi connectivity index (χ1n) is 11.7. The summed E-state index contributed by atoms with van der Waals surface area (Å²) in [5, 5.41) is 0. The number of benzene rings is 2. The van der Waals surface area contributed by atoms with Crippen LogP contribution in [0.15, 0.2) is 48.5 Å². The number of fused-ring (bicyclic) bond motifs is 1. The van der Waals surface area contributed by atoms with Crippen molar-refractivity contribution in [2.75, 3.05) is 29.4 Å². The van der Waals surface area contributed by atoms with Crippen molar-refractivity contribution in [2.45, 2.75) is 59.5 Å². The average molecular weight is 434 g/mol. The van der Waals surface area contributed by atoms with Gasteiger partial charge < -0.3 is 9.80 Å². The predicted octanol–water partition coefficient (Wildman–Crippen LogP) is 4.64. The van der Waals surface area contributed by atoms with E-state index >= 15 is 0 Å². The first-order chi connectivity index (χ1) is 15.2. The lowest BCUT2D eigenvalue weighted by atomic mass is 9.91. The lowest BCUT2D eigenvalue weighted by Gasteiger charge is -2.41. The Balaban J connectivity index is 1.56. The van der Waals surface area contributed by atoms with Crippen molar-refractivity contribution < 1.29 is 9.59 Å². The molecule has 0 aromatic heterocycles. The summed E-state index contributed by atoms with van der Waals surface area (Å²) in [5.41, 5.74) is 3.92. The van der Waals surface area contributed by atoms with Crippen molar-refractivity contribution in [1.82, 2.24) is 4.90 Å². The minimum absolute atomic E-state index is 0.0591. The van der Waals surface area contributed by atoms with Gasteiger partial charge in [0, 0.05) is 55.9 Å². The van der Waals surface area contributed by atoms with Gasteiger partial charge in [0.05, 0.1) is 0 Å². The van der Waals surface area contributed by atoms with Gasteiger partial charge in [0.25, 0.3) is 0 Å². The molecular formula is C27H35N3O2. The van der Waals surface area contributed by atoms with Crippen LogP contribution in [0, 0.1) is 5.41 Å². The minimum atomic E-state index is -0.472. The van der Waals surface area contributed by atoms with Gasteiger partial charge in [0.2, 0.25) is 11.8 Å². The fourth-order valence-corrected chi connectivity index (χ4v) is 4.88. The third-order valence-corrected chi connectivity index (χ3v) is 6.65. The molecule has 2 aliphatic rings. The topological polar surface area (TPSA) is 43.9 Å². The molecule has 1 saturated heterocycles.